The number of aromatic nitrogens is 1. The van der Waals surface area contributed by atoms with Gasteiger partial charge in [0.05, 0.1) is 17.9 Å². The summed E-state index contributed by atoms with van der Waals surface area (Å²) in [7, 11) is 0. The normalized spacial score (nSPS) is 16.3. The number of carbonyl (C=O) groups is 2. The molecule has 0 fully saturated rings. The van der Waals surface area contributed by atoms with E-state index in [9.17, 15) is 19.8 Å². The number of aryl methyl sites for hydroxylation is 2. The molecule has 0 saturated carbocycles. The van der Waals surface area contributed by atoms with E-state index in [1.807, 2.05) is 24.3 Å². The molecule has 3 rings (SSSR count). The number of Topliss-reactive ketones (excluding diaryl/α,β-unsaturated/α-hetero) is 1. The zero-order valence-electron chi connectivity index (χ0n) is 23.8. The number of aliphatic hydroxyl groups excluding tert-OH is 2. The Labute approximate surface area is 236 Å². The van der Waals surface area contributed by atoms with Crippen LogP contribution in [0.15, 0.2) is 72.9 Å². The van der Waals surface area contributed by atoms with Gasteiger partial charge in [-0.15, -0.1) is 0 Å². The van der Waals surface area contributed by atoms with Crippen LogP contribution < -0.4 is 11.5 Å². The van der Waals surface area contributed by atoms with Crippen LogP contribution in [0.4, 0.5) is 0 Å². The Balaban J connectivity index is 2.03. The van der Waals surface area contributed by atoms with Gasteiger partial charge in [0.2, 0.25) is 0 Å². The second kappa shape index (κ2) is 13.3. The van der Waals surface area contributed by atoms with E-state index in [-0.39, 0.29) is 6.42 Å². The SMILES string of the molecule is Cc1ccnc(C)c1C(O)C(=O)[C@@H](C(N)c1ccccc1)[C@@H](O)C[C@H](C(=O)OC(C)(C)C)C(N)c1ccccc1. The van der Waals surface area contributed by atoms with Crippen molar-refractivity contribution in [3.8, 4) is 0 Å². The molecule has 2 aromatic carbocycles. The maximum Gasteiger partial charge on any atom is 0.311 e. The lowest BCUT2D eigenvalue weighted by Crippen LogP contribution is -2.44. The molecule has 0 aliphatic carbocycles. The van der Waals surface area contributed by atoms with Gasteiger partial charge in [-0.3, -0.25) is 14.6 Å². The number of carbonyl (C=O) groups excluding carboxylic acids is 2. The van der Waals surface area contributed by atoms with Crippen LogP contribution in [0.2, 0.25) is 0 Å². The van der Waals surface area contributed by atoms with E-state index in [2.05, 4.69) is 4.98 Å². The van der Waals surface area contributed by atoms with Gasteiger partial charge in [0.1, 0.15) is 11.7 Å². The van der Waals surface area contributed by atoms with E-state index < -0.39 is 53.5 Å². The summed E-state index contributed by atoms with van der Waals surface area (Å²) in [6.45, 7) is 8.73. The number of hydrogen-bond acceptors (Lipinski definition) is 8. The van der Waals surface area contributed by atoms with Gasteiger partial charge in [-0.25, -0.2) is 0 Å². The number of ketones is 1. The van der Waals surface area contributed by atoms with Gasteiger partial charge >= 0.3 is 5.97 Å². The van der Waals surface area contributed by atoms with Crippen molar-refractivity contribution in [2.75, 3.05) is 0 Å². The quantitative estimate of drug-likeness (QED) is 0.263. The van der Waals surface area contributed by atoms with Gasteiger partial charge in [-0.05, 0) is 63.8 Å². The van der Waals surface area contributed by atoms with Crippen LogP contribution in [0, 0.1) is 25.7 Å². The molecule has 0 saturated heterocycles. The van der Waals surface area contributed by atoms with Crippen LogP contribution >= 0.6 is 0 Å². The highest BCUT2D eigenvalue weighted by molar-refractivity contribution is 5.88. The third-order valence-corrected chi connectivity index (χ3v) is 7.09. The number of nitrogens with two attached hydrogens (primary N) is 2. The molecular weight excluding hydrogens is 506 g/mol. The third kappa shape index (κ3) is 7.61. The number of nitrogens with zero attached hydrogens (tertiary/aromatic N) is 1. The predicted octanol–water partition coefficient (Wildman–Crippen LogP) is 4.03. The Morgan fingerprint density at radius 1 is 0.875 bits per heavy atom. The standard InChI is InChI=1S/C32H41N3O5/c1-19-16-17-35-20(2)25(19)29(37)30(38)26(28(34)22-14-10-7-11-15-22)24(36)18-23(31(39)40-32(3,4)5)27(33)21-12-8-6-9-13-21/h6-17,23-24,26-29,36-37H,18,33-34H2,1-5H3/t23-,24-,26+,27?,28?,29?/m0/s1. The third-order valence-electron chi connectivity index (χ3n) is 7.09. The molecule has 3 aromatic rings. The molecule has 6 N–H and O–H groups in total. The molecule has 0 aliphatic heterocycles. The van der Waals surface area contributed by atoms with Crippen molar-refractivity contribution in [2.24, 2.45) is 23.3 Å². The summed E-state index contributed by atoms with van der Waals surface area (Å²) in [6.07, 6.45) is -1.61. The van der Waals surface area contributed by atoms with E-state index >= 15 is 0 Å². The first-order valence-electron chi connectivity index (χ1n) is 13.5. The highest BCUT2D eigenvalue weighted by Gasteiger charge is 2.42. The number of aliphatic hydroxyl groups is 2. The molecule has 8 heteroatoms. The van der Waals surface area contributed by atoms with E-state index in [1.54, 1.807) is 83.3 Å². The predicted molar refractivity (Wildman–Crippen MR) is 154 cm³/mol. The number of esters is 1. The average Bonchev–Trinajstić information content (AvgIpc) is 2.91. The highest BCUT2D eigenvalue weighted by atomic mass is 16.6. The Morgan fingerprint density at radius 2 is 1.40 bits per heavy atom. The summed E-state index contributed by atoms with van der Waals surface area (Å²) < 4.78 is 5.67. The molecule has 0 aliphatic rings. The Bertz CT molecular complexity index is 1260. The average molecular weight is 548 g/mol. The lowest BCUT2D eigenvalue weighted by Gasteiger charge is -2.34. The van der Waals surface area contributed by atoms with E-state index in [4.69, 9.17) is 16.2 Å². The fourth-order valence-corrected chi connectivity index (χ4v) is 5.01. The molecule has 0 radical (unpaired) electrons. The van der Waals surface area contributed by atoms with Crippen molar-refractivity contribution in [2.45, 2.75) is 70.9 Å². The van der Waals surface area contributed by atoms with Gasteiger partial charge in [-0.1, -0.05) is 60.7 Å². The van der Waals surface area contributed by atoms with Crippen molar-refractivity contribution < 1.29 is 24.5 Å². The summed E-state index contributed by atoms with van der Waals surface area (Å²) >= 11 is 0. The minimum Gasteiger partial charge on any atom is -0.460 e. The summed E-state index contributed by atoms with van der Waals surface area (Å²) in [5.41, 5.74) is 15.2. The molecule has 1 aromatic heterocycles. The van der Waals surface area contributed by atoms with E-state index in [0.717, 1.165) is 0 Å². The minimum absolute atomic E-state index is 0.209. The summed E-state index contributed by atoms with van der Waals surface area (Å²) in [5.74, 6) is -3.51. The molecule has 8 nitrogen and oxygen atoms in total. The van der Waals surface area contributed by atoms with Crippen molar-refractivity contribution in [3.63, 3.8) is 0 Å². The fraction of sp³-hybridized carbons (Fsp3) is 0.406. The number of benzene rings is 2. The van der Waals surface area contributed by atoms with Crippen LogP contribution in [0.3, 0.4) is 0 Å². The Morgan fingerprint density at radius 3 is 1.90 bits per heavy atom. The Kier molecular flexibility index (Phi) is 10.3. The second-order valence-electron chi connectivity index (χ2n) is 11.3. The van der Waals surface area contributed by atoms with E-state index in [0.29, 0.717) is 27.9 Å². The van der Waals surface area contributed by atoms with Crippen LogP contribution in [0.25, 0.3) is 0 Å². The lowest BCUT2D eigenvalue weighted by atomic mass is 9.77. The summed E-state index contributed by atoms with van der Waals surface area (Å²) in [6, 6.07) is 17.9. The van der Waals surface area contributed by atoms with Crippen molar-refractivity contribution in [1.82, 2.24) is 4.98 Å². The molecule has 6 atom stereocenters. The first-order chi connectivity index (χ1) is 18.8. The summed E-state index contributed by atoms with van der Waals surface area (Å²) in [5, 5.41) is 22.9. The van der Waals surface area contributed by atoms with Gasteiger partial charge in [0.15, 0.2) is 5.78 Å². The number of pyridine rings is 1. The molecule has 0 bridgehead atoms. The lowest BCUT2D eigenvalue weighted by molar-refractivity contribution is -0.163. The number of hydrogen-bond donors (Lipinski definition) is 4. The summed E-state index contributed by atoms with van der Waals surface area (Å²) in [4.78, 5) is 31.6. The maximum absolute atomic E-state index is 14.0. The maximum atomic E-state index is 14.0. The van der Waals surface area contributed by atoms with Crippen LogP contribution in [-0.2, 0) is 14.3 Å². The van der Waals surface area contributed by atoms with Crippen molar-refractivity contribution in [3.05, 3.63) is 101 Å². The molecule has 3 unspecified atom stereocenters. The smallest absolute Gasteiger partial charge is 0.311 e. The van der Waals surface area contributed by atoms with Crippen LogP contribution in [0.5, 0.6) is 0 Å². The number of rotatable bonds is 11. The van der Waals surface area contributed by atoms with Gasteiger partial charge in [0.25, 0.3) is 0 Å². The van der Waals surface area contributed by atoms with Gasteiger partial charge in [-0.2, -0.15) is 0 Å². The largest absolute Gasteiger partial charge is 0.460 e. The molecule has 40 heavy (non-hydrogen) atoms. The molecule has 0 amide bonds. The van der Waals surface area contributed by atoms with Gasteiger partial charge < -0.3 is 26.4 Å². The second-order valence-corrected chi connectivity index (χ2v) is 11.3. The Hall–Kier alpha value is -3.43. The van der Waals surface area contributed by atoms with E-state index in [1.165, 1.54) is 0 Å². The fourth-order valence-electron chi connectivity index (χ4n) is 5.01. The van der Waals surface area contributed by atoms with Crippen LogP contribution in [-0.4, -0.2) is 38.7 Å². The molecule has 0 spiro atoms. The zero-order valence-corrected chi connectivity index (χ0v) is 23.8. The molecule has 1 heterocycles. The van der Waals surface area contributed by atoms with Crippen LogP contribution in [0.1, 0.15) is 73.3 Å². The minimum atomic E-state index is -1.58. The molecule has 214 valence electrons. The van der Waals surface area contributed by atoms with Crippen molar-refractivity contribution in [1.29, 1.82) is 0 Å². The first kappa shape index (κ1) is 31.1. The first-order valence-corrected chi connectivity index (χ1v) is 13.5. The van der Waals surface area contributed by atoms with Crippen molar-refractivity contribution >= 4 is 11.8 Å². The zero-order chi connectivity index (χ0) is 29.6. The van der Waals surface area contributed by atoms with Gasteiger partial charge in [0, 0.05) is 29.5 Å². The topological polar surface area (TPSA) is 149 Å². The highest BCUT2D eigenvalue weighted by Crippen LogP contribution is 2.35. The molecular formula is C32H41N3O5. The number of ether oxygens (including phenoxy) is 1. The monoisotopic (exact) mass is 547 g/mol.